The van der Waals surface area contributed by atoms with Crippen LogP contribution < -0.4 is 5.32 Å². The van der Waals surface area contributed by atoms with Gasteiger partial charge < -0.3 is 5.32 Å². The largest absolute Gasteiger partial charge is 0.368 e. The maximum Gasteiger partial charge on any atom is 0.164 e. The highest BCUT2D eigenvalue weighted by atomic mass is 32.2. The summed E-state index contributed by atoms with van der Waals surface area (Å²) in [7, 11) is 0. The van der Waals surface area contributed by atoms with Gasteiger partial charge in [0.05, 0.1) is 0 Å². The first-order chi connectivity index (χ1) is 24.2. The van der Waals surface area contributed by atoms with E-state index in [2.05, 4.69) is 139 Å². The number of aromatic nitrogens is 3. The molecular weight excluding hydrogens is 617 g/mol. The van der Waals surface area contributed by atoms with E-state index < -0.39 is 0 Å². The van der Waals surface area contributed by atoms with E-state index in [4.69, 9.17) is 15.0 Å². The Morgan fingerprint density at radius 2 is 0.898 bits per heavy atom. The fraction of sp³-hybridized carbons (Fsp3) is 0.0227. The number of fused-ring (bicyclic) bond motifs is 3. The van der Waals surface area contributed by atoms with E-state index in [1.54, 1.807) is 0 Å². The molecule has 1 unspecified atom stereocenters. The lowest BCUT2D eigenvalue weighted by molar-refractivity contribution is 1.07. The molecule has 5 heteroatoms. The molecule has 4 nitrogen and oxygen atoms in total. The molecule has 1 aromatic heterocycles. The van der Waals surface area contributed by atoms with Gasteiger partial charge in [-0.25, -0.2) is 15.0 Å². The highest BCUT2D eigenvalue weighted by Gasteiger charge is 2.25. The molecule has 1 aliphatic rings. The van der Waals surface area contributed by atoms with E-state index in [9.17, 15) is 0 Å². The SMILES string of the molecule is c1ccc(-c2cccc(-c3nc(-c4ccccc4)nc(-c4cccc(-c5ccc6ccc7c(c6c5)SC(c5ccccc5)N7)c4)n3)c2)cc1. The smallest absolute Gasteiger partial charge is 0.164 e. The second-order valence-corrected chi connectivity index (χ2v) is 13.2. The zero-order valence-corrected chi connectivity index (χ0v) is 27.3. The maximum absolute atomic E-state index is 5.07. The molecule has 232 valence electrons. The first kappa shape index (κ1) is 29.1. The molecule has 1 N–H and O–H groups in total. The molecule has 0 fully saturated rings. The first-order valence-electron chi connectivity index (χ1n) is 16.4. The minimum Gasteiger partial charge on any atom is -0.368 e. The van der Waals surface area contributed by atoms with Crippen molar-refractivity contribution in [2.45, 2.75) is 10.3 Å². The number of nitrogens with zero attached hydrogens (tertiary/aromatic N) is 3. The third kappa shape index (κ3) is 5.75. The van der Waals surface area contributed by atoms with E-state index in [1.165, 1.54) is 26.9 Å². The average Bonchev–Trinajstić information content (AvgIpc) is 3.64. The van der Waals surface area contributed by atoms with Crippen LogP contribution in [0.5, 0.6) is 0 Å². The highest BCUT2D eigenvalue weighted by molar-refractivity contribution is 8.00. The zero-order chi connectivity index (χ0) is 32.6. The monoisotopic (exact) mass is 646 g/mol. The second kappa shape index (κ2) is 12.5. The molecule has 9 rings (SSSR count). The van der Waals surface area contributed by atoms with E-state index in [-0.39, 0.29) is 5.37 Å². The molecule has 0 spiro atoms. The van der Waals surface area contributed by atoms with Crippen LogP contribution in [-0.4, -0.2) is 15.0 Å². The Bertz CT molecular complexity index is 2450. The minimum absolute atomic E-state index is 0.194. The summed E-state index contributed by atoms with van der Waals surface area (Å²) in [5.74, 6) is 1.93. The Hall–Kier alpha value is -6.04. The first-order valence-corrected chi connectivity index (χ1v) is 17.3. The van der Waals surface area contributed by atoms with Crippen molar-refractivity contribution in [2.75, 3.05) is 5.32 Å². The van der Waals surface area contributed by atoms with Crippen molar-refractivity contribution in [3.05, 3.63) is 175 Å². The molecule has 0 radical (unpaired) electrons. The molecule has 2 heterocycles. The Balaban J connectivity index is 1.12. The van der Waals surface area contributed by atoms with Crippen LogP contribution >= 0.6 is 11.8 Å². The van der Waals surface area contributed by atoms with Crippen LogP contribution in [0.25, 0.3) is 67.2 Å². The van der Waals surface area contributed by atoms with E-state index in [1.807, 2.05) is 48.2 Å². The number of benzene rings is 7. The summed E-state index contributed by atoms with van der Waals surface area (Å²) in [6.45, 7) is 0. The van der Waals surface area contributed by atoms with E-state index in [0.717, 1.165) is 38.9 Å². The molecule has 7 aromatic carbocycles. The van der Waals surface area contributed by atoms with Crippen LogP contribution in [0.3, 0.4) is 0 Å². The normalized spacial score (nSPS) is 13.6. The third-order valence-corrected chi connectivity index (χ3v) is 10.2. The molecule has 1 aliphatic heterocycles. The lowest BCUT2D eigenvalue weighted by Crippen LogP contribution is -2.00. The lowest BCUT2D eigenvalue weighted by atomic mass is 9.99. The molecule has 0 bridgehead atoms. The Labute approximate surface area is 289 Å². The Morgan fingerprint density at radius 3 is 1.55 bits per heavy atom. The van der Waals surface area contributed by atoms with Crippen molar-refractivity contribution in [3.63, 3.8) is 0 Å². The summed E-state index contributed by atoms with van der Waals surface area (Å²) in [5, 5.41) is 6.40. The van der Waals surface area contributed by atoms with Gasteiger partial charge in [0.2, 0.25) is 0 Å². The van der Waals surface area contributed by atoms with Crippen LogP contribution in [0.1, 0.15) is 10.9 Å². The van der Waals surface area contributed by atoms with Gasteiger partial charge in [0.25, 0.3) is 0 Å². The van der Waals surface area contributed by atoms with Gasteiger partial charge in [-0.3, -0.25) is 0 Å². The van der Waals surface area contributed by atoms with Gasteiger partial charge in [-0.2, -0.15) is 0 Å². The summed E-state index contributed by atoms with van der Waals surface area (Å²) in [6, 6.07) is 59.3. The van der Waals surface area contributed by atoms with Crippen LogP contribution in [0.4, 0.5) is 5.69 Å². The van der Waals surface area contributed by atoms with Gasteiger partial charge in [-0.15, -0.1) is 0 Å². The molecule has 8 aromatic rings. The topological polar surface area (TPSA) is 50.7 Å². The number of hydrogen-bond acceptors (Lipinski definition) is 5. The summed E-state index contributed by atoms with van der Waals surface area (Å²) in [6.07, 6.45) is 0. The average molecular weight is 647 g/mol. The Morgan fingerprint density at radius 1 is 0.408 bits per heavy atom. The summed E-state index contributed by atoms with van der Waals surface area (Å²) in [5.41, 5.74) is 9.83. The fourth-order valence-electron chi connectivity index (χ4n) is 6.44. The molecule has 0 saturated heterocycles. The molecule has 0 amide bonds. The van der Waals surface area contributed by atoms with Crippen LogP contribution in [-0.2, 0) is 0 Å². The number of nitrogens with one attached hydrogen (secondary N) is 1. The molecule has 49 heavy (non-hydrogen) atoms. The number of anilines is 1. The summed E-state index contributed by atoms with van der Waals surface area (Å²) >= 11 is 1.88. The van der Waals surface area contributed by atoms with Gasteiger partial charge in [0, 0.05) is 27.3 Å². The van der Waals surface area contributed by atoms with E-state index in [0.29, 0.717) is 17.5 Å². The van der Waals surface area contributed by atoms with Crippen LogP contribution in [0.2, 0.25) is 0 Å². The number of thioether (sulfide) groups is 1. The molecular formula is C44H30N4S. The number of rotatable bonds is 6. The predicted molar refractivity (Wildman–Crippen MR) is 203 cm³/mol. The summed E-state index contributed by atoms with van der Waals surface area (Å²) < 4.78 is 0. The molecule has 0 saturated carbocycles. The van der Waals surface area contributed by atoms with Gasteiger partial charge in [-0.05, 0) is 62.9 Å². The minimum atomic E-state index is 0.194. The van der Waals surface area contributed by atoms with Crippen LogP contribution in [0.15, 0.2) is 175 Å². The summed E-state index contributed by atoms with van der Waals surface area (Å²) in [4.78, 5) is 16.4. The lowest BCUT2D eigenvalue weighted by Gasteiger charge is -2.11. The Kier molecular flexibility index (Phi) is 7.45. The van der Waals surface area contributed by atoms with Gasteiger partial charge in [0.1, 0.15) is 5.37 Å². The maximum atomic E-state index is 5.07. The quantitative estimate of drug-likeness (QED) is 0.195. The van der Waals surface area contributed by atoms with Crippen LogP contribution in [0, 0.1) is 0 Å². The highest BCUT2D eigenvalue weighted by Crippen LogP contribution is 2.50. The second-order valence-electron chi connectivity index (χ2n) is 12.1. The molecule has 1 atom stereocenters. The zero-order valence-electron chi connectivity index (χ0n) is 26.5. The fourth-order valence-corrected chi connectivity index (χ4v) is 7.71. The third-order valence-electron chi connectivity index (χ3n) is 8.95. The van der Waals surface area contributed by atoms with Crippen molar-refractivity contribution in [2.24, 2.45) is 0 Å². The van der Waals surface area contributed by atoms with Crippen molar-refractivity contribution in [3.8, 4) is 56.4 Å². The standard InChI is InChI=1S/C44H30N4S/c1-4-12-29(13-5-1)33-18-10-20-36(26-33)42-46-41(31-14-6-2-7-15-31)47-43(48-42)37-21-11-19-34(27-37)35-23-22-30-24-25-39-40(38(30)28-35)49-44(45-39)32-16-8-3-9-17-32/h1-28,44-45H. The van der Waals surface area contributed by atoms with Crippen molar-refractivity contribution < 1.29 is 0 Å². The van der Waals surface area contributed by atoms with Gasteiger partial charge in [-0.1, -0.05) is 157 Å². The van der Waals surface area contributed by atoms with E-state index >= 15 is 0 Å². The number of hydrogen-bond donors (Lipinski definition) is 1. The van der Waals surface area contributed by atoms with Crippen molar-refractivity contribution in [1.29, 1.82) is 0 Å². The van der Waals surface area contributed by atoms with Crippen molar-refractivity contribution in [1.82, 2.24) is 15.0 Å². The molecule has 0 aliphatic carbocycles. The predicted octanol–water partition coefficient (Wildman–Crippen LogP) is 11.6. The van der Waals surface area contributed by atoms with Crippen molar-refractivity contribution >= 4 is 28.2 Å². The van der Waals surface area contributed by atoms with Gasteiger partial charge in [0.15, 0.2) is 17.5 Å². The van der Waals surface area contributed by atoms with Gasteiger partial charge >= 0.3 is 0 Å².